The zero-order valence-electron chi connectivity index (χ0n) is 18.5. The number of amides is 2. The molecule has 2 N–H and O–H groups in total. The molecule has 3 aromatic rings. The number of carbonyl (C=O) groups is 2. The van der Waals surface area contributed by atoms with Gasteiger partial charge in [-0.15, -0.1) is 0 Å². The molecule has 0 saturated carbocycles. The van der Waals surface area contributed by atoms with Gasteiger partial charge in [-0.1, -0.05) is 11.6 Å². The number of hydrogen-bond donors (Lipinski definition) is 2. The molecule has 0 fully saturated rings. The van der Waals surface area contributed by atoms with Crippen molar-refractivity contribution >= 4 is 35.0 Å². The van der Waals surface area contributed by atoms with Crippen LogP contribution in [0.4, 0.5) is 20.6 Å². The molecule has 0 unspecified atom stereocenters. The van der Waals surface area contributed by atoms with Gasteiger partial charge in [0.15, 0.2) is 5.69 Å². The molecule has 0 aliphatic heterocycles. The van der Waals surface area contributed by atoms with Crippen molar-refractivity contribution in [1.29, 1.82) is 0 Å². The summed E-state index contributed by atoms with van der Waals surface area (Å²) in [6.45, 7) is 7.06. The molecule has 7 nitrogen and oxygen atoms in total. The number of urea groups is 1. The highest BCUT2D eigenvalue weighted by molar-refractivity contribution is 6.31. The van der Waals surface area contributed by atoms with E-state index in [2.05, 4.69) is 15.6 Å². The summed E-state index contributed by atoms with van der Waals surface area (Å²) in [5.41, 5.74) is 0.687. The predicted molar refractivity (Wildman–Crippen MR) is 125 cm³/mol. The van der Waals surface area contributed by atoms with Gasteiger partial charge in [-0.2, -0.15) is 0 Å². The average molecular weight is 472 g/mol. The number of pyridine rings is 1. The zero-order chi connectivity index (χ0) is 24.2. The number of benzene rings is 2. The molecule has 0 bridgehead atoms. The van der Waals surface area contributed by atoms with E-state index in [1.807, 2.05) is 6.92 Å². The Morgan fingerprint density at radius 3 is 2.39 bits per heavy atom. The van der Waals surface area contributed by atoms with Crippen molar-refractivity contribution in [3.63, 3.8) is 0 Å². The van der Waals surface area contributed by atoms with Crippen molar-refractivity contribution in [1.82, 2.24) is 4.98 Å². The third-order valence-electron chi connectivity index (χ3n) is 4.18. The van der Waals surface area contributed by atoms with Crippen LogP contribution in [0.3, 0.4) is 0 Å². The smallest absolute Gasteiger partial charge is 0.357 e. The normalized spacial score (nSPS) is 11.0. The van der Waals surface area contributed by atoms with Gasteiger partial charge >= 0.3 is 12.0 Å². The lowest BCUT2D eigenvalue weighted by atomic mass is 10.2. The fourth-order valence-electron chi connectivity index (χ4n) is 2.72. The van der Waals surface area contributed by atoms with E-state index in [-0.39, 0.29) is 22.9 Å². The van der Waals surface area contributed by atoms with Gasteiger partial charge in [0.2, 0.25) is 0 Å². The van der Waals surface area contributed by atoms with Crippen molar-refractivity contribution in [2.75, 3.05) is 10.6 Å². The highest BCUT2D eigenvalue weighted by Crippen LogP contribution is 2.27. The van der Waals surface area contributed by atoms with Crippen LogP contribution in [0.5, 0.6) is 11.5 Å². The number of hydrogen-bond acceptors (Lipinski definition) is 5. The highest BCUT2D eigenvalue weighted by Gasteiger charge is 2.19. The molecule has 9 heteroatoms. The number of carbonyl (C=O) groups excluding carboxylic acids is 2. The van der Waals surface area contributed by atoms with E-state index in [0.29, 0.717) is 10.7 Å². The number of nitrogens with one attached hydrogen (secondary N) is 2. The molecule has 2 aromatic carbocycles. The van der Waals surface area contributed by atoms with Gasteiger partial charge in [-0.25, -0.2) is 19.0 Å². The maximum Gasteiger partial charge on any atom is 0.357 e. The number of rotatable bonds is 5. The number of halogens is 2. The largest absolute Gasteiger partial charge is 0.457 e. The number of anilines is 2. The Balaban J connectivity index is 1.66. The summed E-state index contributed by atoms with van der Waals surface area (Å²) in [5.74, 6) is -0.841. The van der Waals surface area contributed by atoms with E-state index in [1.54, 1.807) is 39.0 Å². The average Bonchev–Trinajstić information content (AvgIpc) is 2.72. The fraction of sp³-hybridized carbons (Fsp3) is 0.208. The molecule has 0 saturated heterocycles. The van der Waals surface area contributed by atoms with Gasteiger partial charge < -0.3 is 20.1 Å². The molecule has 2 amide bonds. The molecular formula is C24H23ClFN3O4. The van der Waals surface area contributed by atoms with Crippen LogP contribution in [0.1, 0.15) is 36.8 Å². The maximum atomic E-state index is 14.5. The summed E-state index contributed by atoms with van der Waals surface area (Å²) < 4.78 is 25.5. The van der Waals surface area contributed by atoms with Gasteiger partial charge in [0.1, 0.15) is 22.9 Å². The molecule has 3 rings (SSSR count). The lowest BCUT2D eigenvalue weighted by molar-refractivity contribution is 0.00624. The molecular weight excluding hydrogens is 449 g/mol. The lowest BCUT2D eigenvalue weighted by Crippen LogP contribution is -2.24. The van der Waals surface area contributed by atoms with Crippen LogP contribution in [-0.4, -0.2) is 22.6 Å². The lowest BCUT2D eigenvalue weighted by Gasteiger charge is -2.19. The first-order valence-electron chi connectivity index (χ1n) is 10.0. The SMILES string of the molecule is Cc1cc(NC(=O)Nc2ccc(Oc3ccnc(C(=O)OC(C)(C)C)c3)cc2F)ccc1Cl. The Bertz CT molecular complexity index is 1190. The van der Waals surface area contributed by atoms with Gasteiger partial charge in [-0.3, -0.25) is 0 Å². The summed E-state index contributed by atoms with van der Waals surface area (Å²) in [6.07, 6.45) is 1.39. The van der Waals surface area contributed by atoms with Gasteiger partial charge in [-0.05, 0) is 69.7 Å². The topological polar surface area (TPSA) is 89.5 Å². The Morgan fingerprint density at radius 2 is 1.73 bits per heavy atom. The first-order chi connectivity index (χ1) is 15.5. The van der Waals surface area contributed by atoms with E-state index < -0.39 is 23.4 Å². The van der Waals surface area contributed by atoms with Gasteiger partial charge in [0.05, 0.1) is 5.69 Å². The van der Waals surface area contributed by atoms with Crippen LogP contribution in [0.25, 0.3) is 0 Å². The second-order valence-corrected chi connectivity index (χ2v) is 8.57. The van der Waals surface area contributed by atoms with E-state index in [9.17, 15) is 14.0 Å². The minimum Gasteiger partial charge on any atom is -0.457 e. The van der Waals surface area contributed by atoms with Crippen LogP contribution < -0.4 is 15.4 Å². The van der Waals surface area contributed by atoms with Crippen molar-refractivity contribution < 1.29 is 23.5 Å². The number of aryl methyl sites for hydroxylation is 1. The quantitative estimate of drug-likeness (QED) is 0.410. The molecule has 0 radical (unpaired) electrons. The van der Waals surface area contributed by atoms with Gasteiger partial charge in [0.25, 0.3) is 0 Å². The van der Waals surface area contributed by atoms with Crippen molar-refractivity contribution in [3.8, 4) is 11.5 Å². The monoisotopic (exact) mass is 471 g/mol. The highest BCUT2D eigenvalue weighted by atomic mass is 35.5. The van der Waals surface area contributed by atoms with Crippen LogP contribution >= 0.6 is 11.6 Å². The molecule has 1 aromatic heterocycles. The van der Waals surface area contributed by atoms with Gasteiger partial charge in [0, 0.05) is 29.0 Å². The van der Waals surface area contributed by atoms with E-state index in [0.717, 1.165) is 11.6 Å². The fourth-order valence-corrected chi connectivity index (χ4v) is 2.84. The van der Waals surface area contributed by atoms with E-state index in [1.165, 1.54) is 30.5 Å². The number of aromatic nitrogens is 1. The molecule has 0 aliphatic carbocycles. The summed E-state index contributed by atoms with van der Waals surface area (Å²) >= 11 is 5.97. The summed E-state index contributed by atoms with van der Waals surface area (Å²) in [4.78, 5) is 28.4. The Labute approximate surface area is 195 Å². The third-order valence-corrected chi connectivity index (χ3v) is 4.60. The number of ether oxygens (including phenoxy) is 2. The first kappa shape index (κ1) is 24.0. The van der Waals surface area contributed by atoms with Crippen LogP contribution in [0.2, 0.25) is 5.02 Å². The third kappa shape index (κ3) is 6.92. The minimum atomic E-state index is -0.698. The van der Waals surface area contributed by atoms with Crippen LogP contribution in [0.15, 0.2) is 54.7 Å². The first-order valence-corrected chi connectivity index (χ1v) is 10.4. The second-order valence-electron chi connectivity index (χ2n) is 8.17. The predicted octanol–water partition coefficient (Wildman–Crippen LogP) is 6.57. The molecule has 0 atom stereocenters. The Morgan fingerprint density at radius 1 is 1.00 bits per heavy atom. The number of esters is 1. The van der Waals surface area contributed by atoms with Crippen molar-refractivity contribution in [2.45, 2.75) is 33.3 Å². The van der Waals surface area contributed by atoms with Crippen molar-refractivity contribution in [3.05, 3.63) is 76.8 Å². The molecule has 0 aliphatic rings. The van der Waals surface area contributed by atoms with E-state index >= 15 is 0 Å². The summed E-state index contributed by atoms with van der Waals surface area (Å²) in [6, 6.07) is 11.3. The summed E-state index contributed by atoms with van der Waals surface area (Å²) in [5, 5.41) is 5.64. The number of nitrogens with zero attached hydrogens (tertiary/aromatic N) is 1. The van der Waals surface area contributed by atoms with Crippen LogP contribution in [0, 0.1) is 12.7 Å². The Hall–Kier alpha value is -3.65. The zero-order valence-corrected chi connectivity index (χ0v) is 19.3. The molecule has 172 valence electrons. The minimum absolute atomic E-state index is 0.0327. The second kappa shape index (κ2) is 9.87. The van der Waals surface area contributed by atoms with Crippen LogP contribution in [-0.2, 0) is 4.74 Å². The molecule has 1 heterocycles. The summed E-state index contributed by atoms with van der Waals surface area (Å²) in [7, 11) is 0. The van der Waals surface area contributed by atoms with Crippen molar-refractivity contribution in [2.24, 2.45) is 0 Å². The molecule has 33 heavy (non-hydrogen) atoms. The van der Waals surface area contributed by atoms with E-state index in [4.69, 9.17) is 21.1 Å². The standard InChI is InChI=1S/C24H23ClFN3O4/c1-14-11-15(5-7-18(14)25)28-23(31)29-20-8-6-16(12-19(20)26)32-17-9-10-27-21(13-17)22(30)33-24(2,3)4/h5-13H,1-4H3,(H2,28,29,31). The molecule has 0 spiro atoms. The maximum absolute atomic E-state index is 14.5. The Kier molecular flexibility index (Phi) is 7.18.